The smallest absolute Gasteiger partial charge is 0.257 e. The highest BCUT2D eigenvalue weighted by Crippen LogP contribution is 2.33. The molecule has 0 aromatic heterocycles. The van der Waals surface area contributed by atoms with E-state index < -0.39 is 0 Å². The van der Waals surface area contributed by atoms with Crippen molar-refractivity contribution in [2.75, 3.05) is 18.2 Å². The van der Waals surface area contributed by atoms with E-state index in [4.69, 9.17) is 10.5 Å². The molecule has 0 bridgehead atoms. The molecule has 1 amide bonds. The number of methoxy groups -OCH3 is 1. The van der Waals surface area contributed by atoms with Gasteiger partial charge in [-0.25, -0.2) is 0 Å². The number of carbonyl (C=O) groups is 1. The topological polar surface area (TPSA) is 64.3 Å². The van der Waals surface area contributed by atoms with Crippen LogP contribution in [0.4, 0.5) is 11.4 Å². The van der Waals surface area contributed by atoms with Crippen LogP contribution in [0, 0.1) is 0 Å². The molecule has 3 N–H and O–H groups in total. The van der Waals surface area contributed by atoms with Crippen LogP contribution in [0.1, 0.15) is 10.4 Å². The van der Waals surface area contributed by atoms with E-state index in [1.807, 2.05) is 6.07 Å². The highest BCUT2D eigenvalue weighted by molar-refractivity contribution is 9.11. The van der Waals surface area contributed by atoms with Crippen LogP contribution >= 0.6 is 47.8 Å². The van der Waals surface area contributed by atoms with Gasteiger partial charge in [0.2, 0.25) is 0 Å². The summed E-state index contributed by atoms with van der Waals surface area (Å²) in [7, 11) is 1.55. The second-order valence-corrected chi connectivity index (χ2v) is 6.78. The van der Waals surface area contributed by atoms with Gasteiger partial charge < -0.3 is 15.8 Å². The first-order chi connectivity index (χ1) is 9.92. The molecule has 0 saturated heterocycles. The Labute approximate surface area is 147 Å². The van der Waals surface area contributed by atoms with E-state index in [0.717, 1.165) is 4.47 Å². The highest BCUT2D eigenvalue weighted by Gasteiger charge is 2.15. The summed E-state index contributed by atoms with van der Waals surface area (Å²) in [6.45, 7) is 0. The van der Waals surface area contributed by atoms with Gasteiger partial charge in [0.15, 0.2) is 0 Å². The zero-order chi connectivity index (χ0) is 15.6. The molecule has 0 saturated carbocycles. The fourth-order valence-corrected chi connectivity index (χ4v) is 3.50. The first-order valence-electron chi connectivity index (χ1n) is 5.81. The van der Waals surface area contributed by atoms with E-state index in [1.54, 1.807) is 31.4 Å². The maximum atomic E-state index is 12.4. The van der Waals surface area contributed by atoms with E-state index in [9.17, 15) is 4.79 Å². The van der Waals surface area contributed by atoms with Crippen molar-refractivity contribution in [1.29, 1.82) is 0 Å². The molecule has 0 radical (unpaired) electrons. The first-order valence-corrected chi connectivity index (χ1v) is 8.19. The minimum absolute atomic E-state index is 0.282. The fourth-order valence-electron chi connectivity index (χ4n) is 1.71. The Kier molecular flexibility index (Phi) is 5.29. The number of anilines is 2. The molecule has 2 aromatic rings. The summed E-state index contributed by atoms with van der Waals surface area (Å²) in [5, 5.41) is 2.80. The Hall–Kier alpha value is -1.05. The summed E-state index contributed by atoms with van der Waals surface area (Å²) in [6, 6.07) is 8.72. The maximum absolute atomic E-state index is 12.4. The predicted octanol–water partition coefficient (Wildman–Crippen LogP) is 4.82. The molecular weight excluding hydrogens is 468 g/mol. The summed E-state index contributed by atoms with van der Waals surface area (Å²) in [4.78, 5) is 12.4. The van der Waals surface area contributed by atoms with Crippen molar-refractivity contribution in [3.05, 3.63) is 49.3 Å². The molecule has 7 heteroatoms. The molecule has 0 fully saturated rings. The van der Waals surface area contributed by atoms with Gasteiger partial charge in [-0.15, -0.1) is 0 Å². The van der Waals surface area contributed by atoms with Crippen LogP contribution in [0.15, 0.2) is 43.7 Å². The summed E-state index contributed by atoms with van der Waals surface area (Å²) >= 11 is 10.1. The number of nitrogens with one attached hydrogen (secondary N) is 1. The molecule has 2 rings (SSSR count). The van der Waals surface area contributed by atoms with Crippen molar-refractivity contribution in [1.82, 2.24) is 0 Å². The van der Waals surface area contributed by atoms with Crippen LogP contribution in [-0.2, 0) is 0 Å². The Morgan fingerprint density at radius 2 is 1.86 bits per heavy atom. The summed E-state index contributed by atoms with van der Waals surface area (Å²) in [5.74, 6) is 0.321. The van der Waals surface area contributed by atoms with E-state index in [1.165, 1.54) is 0 Å². The minimum atomic E-state index is -0.282. The standard InChI is InChI=1S/C14H11Br3N2O2/c1-21-8-2-3-10(16)9(6-8)14(20)19-13-11(17)4-7(15)5-12(13)18/h2-6H,18H2,1H3,(H,19,20). The molecule has 2 aromatic carbocycles. The van der Waals surface area contributed by atoms with Crippen LogP contribution in [0.3, 0.4) is 0 Å². The van der Waals surface area contributed by atoms with Crippen molar-refractivity contribution in [3.63, 3.8) is 0 Å². The summed E-state index contributed by atoms with van der Waals surface area (Å²) < 4.78 is 7.33. The van der Waals surface area contributed by atoms with E-state index in [0.29, 0.717) is 31.6 Å². The third-order valence-electron chi connectivity index (χ3n) is 2.74. The zero-order valence-corrected chi connectivity index (χ0v) is 15.7. The number of rotatable bonds is 3. The summed E-state index contributed by atoms with van der Waals surface area (Å²) in [6.07, 6.45) is 0. The fraction of sp³-hybridized carbons (Fsp3) is 0.0714. The van der Waals surface area contributed by atoms with E-state index in [-0.39, 0.29) is 5.91 Å². The lowest BCUT2D eigenvalue weighted by molar-refractivity contribution is 0.102. The van der Waals surface area contributed by atoms with Gasteiger partial charge in [0.1, 0.15) is 5.75 Å². The van der Waals surface area contributed by atoms with Crippen molar-refractivity contribution in [2.24, 2.45) is 0 Å². The van der Waals surface area contributed by atoms with Gasteiger partial charge in [0.25, 0.3) is 5.91 Å². The predicted molar refractivity (Wildman–Crippen MR) is 94.9 cm³/mol. The third-order valence-corrected chi connectivity index (χ3v) is 4.52. The molecule has 0 spiro atoms. The zero-order valence-electron chi connectivity index (χ0n) is 10.9. The molecule has 0 aliphatic carbocycles. The monoisotopic (exact) mass is 476 g/mol. The lowest BCUT2D eigenvalue weighted by Crippen LogP contribution is -2.14. The van der Waals surface area contributed by atoms with Crippen LogP contribution < -0.4 is 15.8 Å². The van der Waals surface area contributed by atoms with Crippen molar-refractivity contribution in [3.8, 4) is 5.75 Å². The van der Waals surface area contributed by atoms with Gasteiger partial charge in [-0.1, -0.05) is 15.9 Å². The number of hydrogen-bond acceptors (Lipinski definition) is 3. The van der Waals surface area contributed by atoms with Crippen molar-refractivity contribution >= 4 is 65.1 Å². The van der Waals surface area contributed by atoms with Crippen LogP contribution in [0.5, 0.6) is 5.75 Å². The van der Waals surface area contributed by atoms with E-state index >= 15 is 0 Å². The molecule has 0 heterocycles. The Morgan fingerprint density at radius 3 is 2.48 bits per heavy atom. The third kappa shape index (κ3) is 3.78. The minimum Gasteiger partial charge on any atom is -0.497 e. The van der Waals surface area contributed by atoms with Crippen LogP contribution in [-0.4, -0.2) is 13.0 Å². The second-order valence-electron chi connectivity index (χ2n) is 4.15. The normalized spacial score (nSPS) is 10.3. The van der Waals surface area contributed by atoms with Gasteiger partial charge in [-0.2, -0.15) is 0 Å². The summed E-state index contributed by atoms with van der Waals surface area (Å²) in [5.41, 5.74) is 7.38. The average molecular weight is 479 g/mol. The highest BCUT2D eigenvalue weighted by atomic mass is 79.9. The molecule has 4 nitrogen and oxygen atoms in total. The van der Waals surface area contributed by atoms with Crippen molar-refractivity contribution < 1.29 is 9.53 Å². The molecule has 0 unspecified atom stereocenters. The number of carbonyl (C=O) groups excluding carboxylic acids is 1. The second kappa shape index (κ2) is 6.81. The quantitative estimate of drug-likeness (QED) is 0.622. The van der Waals surface area contributed by atoms with Crippen LogP contribution in [0.25, 0.3) is 0 Å². The number of hydrogen-bond donors (Lipinski definition) is 2. The van der Waals surface area contributed by atoms with Gasteiger partial charge in [-0.05, 0) is 62.2 Å². The van der Waals surface area contributed by atoms with Gasteiger partial charge in [0.05, 0.1) is 24.0 Å². The Morgan fingerprint density at radius 1 is 1.14 bits per heavy atom. The number of nitrogen functional groups attached to an aromatic ring is 1. The Bertz CT molecular complexity index is 682. The first kappa shape index (κ1) is 16.3. The molecule has 110 valence electrons. The number of halogens is 3. The van der Waals surface area contributed by atoms with Gasteiger partial charge in [0, 0.05) is 13.4 Å². The molecular formula is C14H11Br3N2O2. The molecule has 21 heavy (non-hydrogen) atoms. The SMILES string of the molecule is COc1ccc(Br)c(C(=O)Nc2c(N)cc(Br)cc2Br)c1. The average Bonchev–Trinajstić information content (AvgIpc) is 2.43. The molecule has 0 aliphatic rings. The lowest BCUT2D eigenvalue weighted by Gasteiger charge is -2.12. The van der Waals surface area contributed by atoms with Gasteiger partial charge in [-0.3, -0.25) is 4.79 Å². The molecule has 0 atom stereocenters. The largest absolute Gasteiger partial charge is 0.497 e. The lowest BCUT2D eigenvalue weighted by atomic mass is 10.2. The Balaban J connectivity index is 2.35. The van der Waals surface area contributed by atoms with Crippen LogP contribution in [0.2, 0.25) is 0 Å². The van der Waals surface area contributed by atoms with Crippen molar-refractivity contribution in [2.45, 2.75) is 0 Å². The number of nitrogens with two attached hydrogens (primary N) is 1. The van der Waals surface area contributed by atoms with E-state index in [2.05, 4.69) is 53.1 Å². The number of amides is 1. The number of benzene rings is 2. The number of ether oxygens (including phenoxy) is 1. The molecule has 0 aliphatic heterocycles. The maximum Gasteiger partial charge on any atom is 0.257 e. The van der Waals surface area contributed by atoms with Gasteiger partial charge >= 0.3 is 0 Å².